The van der Waals surface area contributed by atoms with Crippen molar-refractivity contribution in [2.45, 2.75) is 45.8 Å². The lowest BCUT2D eigenvalue weighted by Crippen LogP contribution is -2.37. The van der Waals surface area contributed by atoms with Gasteiger partial charge in [-0.25, -0.2) is 4.79 Å². The van der Waals surface area contributed by atoms with E-state index >= 15 is 0 Å². The summed E-state index contributed by atoms with van der Waals surface area (Å²) in [5, 5.41) is 9.69. The van der Waals surface area contributed by atoms with Gasteiger partial charge in [0.05, 0.1) is 0 Å². The topological polar surface area (TPSA) is 66.8 Å². The van der Waals surface area contributed by atoms with E-state index in [1.165, 1.54) is 4.90 Å². The highest BCUT2D eigenvalue weighted by Crippen LogP contribution is 2.21. The standard InChI is InChI=1S/C16H21Cl2NO4/c1-16(2,3)23-15(22)19(6-4-5-14(20)21)10-11-7-12(17)9-13(18)8-11/h7-9H,4-6,10H2,1-3H3,(H,20,21). The molecular formula is C16H21Cl2NO4. The Bertz CT molecular complexity index is 549. The van der Waals surface area contributed by atoms with Crippen molar-refractivity contribution in [2.75, 3.05) is 6.54 Å². The van der Waals surface area contributed by atoms with Gasteiger partial charge in [-0.2, -0.15) is 0 Å². The van der Waals surface area contributed by atoms with E-state index in [1.807, 2.05) is 0 Å². The molecule has 1 amide bonds. The lowest BCUT2D eigenvalue weighted by atomic mass is 10.2. The largest absolute Gasteiger partial charge is 0.481 e. The van der Waals surface area contributed by atoms with Crippen LogP contribution in [-0.4, -0.2) is 34.2 Å². The van der Waals surface area contributed by atoms with Crippen molar-refractivity contribution in [3.8, 4) is 0 Å². The Morgan fingerprint density at radius 3 is 2.22 bits per heavy atom. The maximum absolute atomic E-state index is 12.3. The van der Waals surface area contributed by atoms with Crippen molar-refractivity contribution >= 4 is 35.3 Å². The summed E-state index contributed by atoms with van der Waals surface area (Å²) >= 11 is 11.9. The molecular weight excluding hydrogens is 341 g/mol. The molecule has 0 aliphatic rings. The van der Waals surface area contributed by atoms with Crippen LogP contribution < -0.4 is 0 Å². The molecule has 0 aliphatic heterocycles. The van der Waals surface area contributed by atoms with Gasteiger partial charge in [0.25, 0.3) is 0 Å². The monoisotopic (exact) mass is 361 g/mol. The molecule has 0 radical (unpaired) electrons. The van der Waals surface area contributed by atoms with E-state index < -0.39 is 17.7 Å². The van der Waals surface area contributed by atoms with E-state index in [-0.39, 0.29) is 19.5 Å². The number of ether oxygens (including phenoxy) is 1. The van der Waals surface area contributed by atoms with Gasteiger partial charge in [0, 0.05) is 29.6 Å². The Morgan fingerprint density at radius 2 is 1.74 bits per heavy atom. The summed E-state index contributed by atoms with van der Waals surface area (Å²) in [6.45, 7) is 5.84. The molecule has 0 spiro atoms. The molecule has 1 aromatic carbocycles. The molecule has 23 heavy (non-hydrogen) atoms. The minimum absolute atomic E-state index is 0.0183. The van der Waals surface area contributed by atoms with Crippen LogP contribution >= 0.6 is 23.2 Å². The summed E-state index contributed by atoms with van der Waals surface area (Å²) in [4.78, 5) is 24.4. The van der Waals surface area contributed by atoms with Gasteiger partial charge < -0.3 is 14.7 Å². The molecule has 0 heterocycles. The third-order valence-corrected chi connectivity index (χ3v) is 3.20. The van der Waals surface area contributed by atoms with Crippen molar-refractivity contribution in [3.05, 3.63) is 33.8 Å². The molecule has 0 bridgehead atoms. The summed E-state index contributed by atoms with van der Waals surface area (Å²) in [6.07, 6.45) is -0.183. The van der Waals surface area contributed by atoms with Gasteiger partial charge in [-0.3, -0.25) is 4.79 Å². The van der Waals surface area contributed by atoms with Crippen LogP contribution in [0.5, 0.6) is 0 Å². The van der Waals surface area contributed by atoms with Gasteiger partial charge in [-0.05, 0) is 51.0 Å². The van der Waals surface area contributed by atoms with Crippen molar-refractivity contribution in [1.29, 1.82) is 0 Å². The quantitative estimate of drug-likeness (QED) is 0.803. The van der Waals surface area contributed by atoms with Gasteiger partial charge >= 0.3 is 12.1 Å². The molecule has 1 N–H and O–H groups in total. The minimum atomic E-state index is -0.903. The minimum Gasteiger partial charge on any atom is -0.481 e. The predicted octanol–water partition coefficient (Wildman–Crippen LogP) is 4.60. The molecule has 1 rings (SSSR count). The fourth-order valence-electron chi connectivity index (χ4n) is 1.91. The molecule has 0 unspecified atom stereocenters. The number of benzene rings is 1. The second-order valence-electron chi connectivity index (χ2n) is 6.18. The summed E-state index contributed by atoms with van der Waals surface area (Å²) in [5.74, 6) is -0.903. The predicted molar refractivity (Wildman–Crippen MR) is 90.0 cm³/mol. The molecule has 1 aromatic rings. The average molecular weight is 362 g/mol. The van der Waals surface area contributed by atoms with E-state index in [0.29, 0.717) is 16.5 Å². The zero-order valence-electron chi connectivity index (χ0n) is 13.4. The Labute approximate surface area is 146 Å². The number of rotatable bonds is 6. The number of halogens is 2. The molecule has 7 heteroatoms. The summed E-state index contributed by atoms with van der Waals surface area (Å²) < 4.78 is 5.36. The first-order valence-corrected chi connectivity index (χ1v) is 7.97. The van der Waals surface area contributed by atoms with Crippen LogP contribution in [0.3, 0.4) is 0 Å². The first-order valence-electron chi connectivity index (χ1n) is 7.21. The maximum atomic E-state index is 12.3. The van der Waals surface area contributed by atoms with Crippen LogP contribution in [-0.2, 0) is 16.1 Å². The van der Waals surface area contributed by atoms with E-state index in [4.69, 9.17) is 33.0 Å². The molecule has 0 saturated heterocycles. The molecule has 0 saturated carbocycles. The van der Waals surface area contributed by atoms with Crippen molar-refractivity contribution < 1.29 is 19.4 Å². The third kappa shape index (κ3) is 8.09. The number of aliphatic carboxylic acids is 1. The van der Waals surface area contributed by atoms with E-state index in [1.54, 1.807) is 39.0 Å². The van der Waals surface area contributed by atoms with E-state index in [0.717, 1.165) is 5.56 Å². The number of amides is 1. The number of nitrogens with zero attached hydrogens (tertiary/aromatic N) is 1. The lowest BCUT2D eigenvalue weighted by Gasteiger charge is -2.27. The van der Waals surface area contributed by atoms with Gasteiger partial charge in [0.2, 0.25) is 0 Å². The Kier molecular flexibility index (Phi) is 7.16. The first-order chi connectivity index (χ1) is 10.6. The highest BCUT2D eigenvalue weighted by atomic mass is 35.5. The third-order valence-electron chi connectivity index (χ3n) is 2.77. The van der Waals surface area contributed by atoms with Gasteiger partial charge in [-0.1, -0.05) is 23.2 Å². The van der Waals surface area contributed by atoms with Gasteiger partial charge in [-0.15, -0.1) is 0 Å². The molecule has 128 valence electrons. The first kappa shape index (κ1) is 19.6. The highest BCUT2D eigenvalue weighted by molar-refractivity contribution is 6.34. The molecule has 0 fully saturated rings. The average Bonchev–Trinajstić information content (AvgIpc) is 2.33. The Balaban J connectivity index is 2.84. The van der Waals surface area contributed by atoms with Crippen LogP contribution in [0.25, 0.3) is 0 Å². The van der Waals surface area contributed by atoms with Crippen LogP contribution in [0.15, 0.2) is 18.2 Å². The van der Waals surface area contributed by atoms with E-state index in [9.17, 15) is 9.59 Å². The smallest absolute Gasteiger partial charge is 0.410 e. The van der Waals surface area contributed by atoms with Crippen molar-refractivity contribution in [1.82, 2.24) is 4.90 Å². The van der Waals surface area contributed by atoms with Crippen molar-refractivity contribution in [2.24, 2.45) is 0 Å². The number of carboxylic acid groups (broad SMARTS) is 1. The summed E-state index contributed by atoms with van der Waals surface area (Å²) in [7, 11) is 0. The second-order valence-corrected chi connectivity index (χ2v) is 7.05. The van der Waals surface area contributed by atoms with Crippen molar-refractivity contribution in [3.63, 3.8) is 0 Å². The van der Waals surface area contributed by atoms with Crippen LogP contribution in [0.2, 0.25) is 10.0 Å². The Morgan fingerprint density at radius 1 is 1.17 bits per heavy atom. The number of hydrogen-bond acceptors (Lipinski definition) is 3. The van der Waals surface area contributed by atoms with Gasteiger partial charge in [0.1, 0.15) is 5.60 Å². The zero-order chi connectivity index (χ0) is 17.6. The van der Waals surface area contributed by atoms with Gasteiger partial charge in [0.15, 0.2) is 0 Å². The van der Waals surface area contributed by atoms with Crippen LogP contribution in [0.1, 0.15) is 39.2 Å². The Hall–Kier alpha value is -1.46. The van der Waals surface area contributed by atoms with Crippen LogP contribution in [0, 0.1) is 0 Å². The maximum Gasteiger partial charge on any atom is 0.410 e. The summed E-state index contributed by atoms with van der Waals surface area (Å²) in [5.41, 5.74) is 0.123. The molecule has 0 aromatic heterocycles. The molecule has 5 nitrogen and oxygen atoms in total. The summed E-state index contributed by atoms with van der Waals surface area (Å²) in [6, 6.07) is 5.03. The highest BCUT2D eigenvalue weighted by Gasteiger charge is 2.22. The number of carbonyl (C=O) groups is 2. The van der Waals surface area contributed by atoms with Crippen LogP contribution in [0.4, 0.5) is 4.79 Å². The fourth-order valence-corrected chi connectivity index (χ4v) is 2.48. The SMILES string of the molecule is CC(C)(C)OC(=O)N(CCCC(=O)O)Cc1cc(Cl)cc(Cl)c1. The van der Waals surface area contributed by atoms with E-state index in [2.05, 4.69) is 0 Å². The number of carbonyl (C=O) groups excluding carboxylic acids is 1. The lowest BCUT2D eigenvalue weighted by molar-refractivity contribution is -0.137. The fraction of sp³-hybridized carbons (Fsp3) is 0.500. The normalized spacial score (nSPS) is 11.2. The molecule has 0 atom stereocenters. The number of hydrogen-bond donors (Lipinski definition) is 1. The number of carboxylic acids is 1. The molecule has 0 aliphatic carbocycles. The second kappa shape index (κ2) is 8.41. The zero-order valence-corrected chi connectivity index (χ0v) is 14.9.